The van der Waals surface area contributed by atoms with Gasteiger partial charge in [0.2, 0.25) is 0 Å². The number of carbonyl (C=O) groups is 1. The summed E-state index contributed by atoms with van der Waals surface area (Å²) in [5, 5.41) is 0. The van der Waals surface area contributed by atoms with Gasteiger partial charge >= 0.3 is 6.18 Å². The molecule has 3 aromatic heterocycles. The summed E-state index contributed by atoms with van der Waals surface area (Å²) in [6, 6.07) is 0.938. The minimum Gasteiger partial charge on any atom is -0.443 e. The van der Waals surface area contributed by atoms with Crippen molar-refractivity contribution in [1.29, 1.82) is 0 Å². The number of halogens is 3. The van der Waals surface area contributed by atoms with Gasteiger partial charge in [0.15, 0.2) is 12.2 Å². The van der Waals surface area contributed by atoms with Crippen LogP contribution in [0.1, 0.15) is 23.0 Å². The zero-order valence-electron chi connectivity index (χ0n) is 14.2. The standard InChI is InChI=1S/C17H15F3N4O3/c1-10-7-23(2-3-26-10)16(25)13-5-22-15-12(14-6-21-9-27-14)4-11(8-24(13)15)17(18,19)20/h4-6,8-10H,2-3,7H2,1H3. The molecular weight excluding hydrogens is 365 g/mol. The predicted octanol–water partition coefficient (Wildman–Crippen LogP) is 2.87. The highest BCUT2D eigenvalue weighted by atomic mass is 19.4. The monoisotopic (exact) mass is 380 g/mol. The van der Waals surface area contributed by atoms with Crippen molar-refractivity contribution in [1.82, 2.24) is 19.3 Å². The Bertz CT molecular complexity index is 981. The first-order chi connectivity index (χ1) is 12.8. The molecule has 1 aliphatic rings. The van der Waals surface area contributed by atoms with Crippen molar-refractivity contribution in [2.75, 3.05) is 19.7 Å². The second kappa shape index (κ2) is 6.38. The Kier molecular flexibility index (Phi) is 4.14. The number of carbonyl (C=O) groups excluding carboxylic acids is 1. The molecule has 1 unspecified atom stereocenters. The molecule has 7 nitrogen and oxygen atoms in total. The zero-order valence-corrected chi connectivity index (χ0v) is 14.2. The fraction of sp³-hybridized carbons (Fsp3) is 0.353. The predicted molar refractivity (Wildman–Crippen MR) is 87.0 cm³/mol. The fourth-order valence-corrected chi connectivity index (χ4v) is 3.10. The number of alkyl halides is 3. The Morgan fingerprint density at radius 1 is 1.33 bits per heavy atom. The maximum absolute atomic E-state index is 13.4. The Morgan fingerprint density at radius 3 is 2.81 bits per heavy atom. The van der Waals surface area contributed by atoms with Crippen LogP contribution in [-0.4, -0.2) is 51.0 Å². The summed E-state index contributed by atoms with van der Waals surface area (Å²) in [5.74, 6) is -0.267. The van der Waals surface area contributed by atoms with Gasteiger partial charge in [0.05, 0.1) is 36.2 Å². The summed E-state index contributed by atoms with van der Waals surface area (Å²) >= 11 is 0. The first-order valence-corrected chi connectivity index (χ1v) is 8.22. The molecule has 0 aliphatic carbocycles. The lowest BCUT2D eigenvalue weighted by atomic mass is 10.1. The van der Waals surface area contributed by atoms with Crippen molar-refractivity contribution >= 4 is 11.6 Å². The quantitative estimate of drug-likeness (QED) is 0.684. The van der Waals surface area contributed by atoms with Crippen LogP contribution in [0.3, 0.4) is 0 Å². The van der Waals surface area contributed by atoms with Gasteiger partial charge in [-0.15, -0.1) is 0 Å². The average Bonchev–Trinajstić information content (AvgIpc) is 3.29. The van der Waals surface area contributed by atoms with Crippen LogP contribution in [-0.2, 0) is 10.9 Å². The molecule has 1 aliphatic heterocycles. The van der Waals surface area contributed by atoms with Gasteiger partial charge in [0.1, 0.15) is 11.3 Å². The molecule has 4 rings (SSSR count). The number of aromatic nitrogens is 3. The van der Waals surface area contributed by atoms with E-state index in [1.807, 2.05) is 6.92 Å². The normalized spacial score (nSPS) is 18.2. The van der Waals surface area contributed by atoms with Gasteiger partial charge in [-0.25, -0.2) is 9.97 Å². The number of oxazole rings is 1. The third-order valence-corrected chi connectivity index (χ3v) is 4.38. The highest BCUT2D eigenvalue weighted by molar-refractivity contribution is 5.94. The number of ether oxygens (including phenoxy) is 1. The van der Waals surface area contributed by atoms with Crippen LogP contribution in [0, 0.1) is 0 Å². The van der Waals surface area contributed by atoms with Crippen molar-refractivity contribution in [2.45, 2.75) is 19.2 Å². The molecular formula is C17H15F3N4O3. The van der Waals surface area contributed by atoms with Gasteiger partial charge in [-0.2, -0.15) is 13.2 Å². The van der Waals surface area contributed by atoms with Gasteiger partial charge in [-0.3, -0.25) is 9.20 Å². The van der Waals surface area contributed by atoms with Crippen molar-refractivity contribution in [3.05, 3.63) is 42.3 Å². The molecule has 3 aromatic rings. The summed E-state index contributed by atoms with van der Waals surface area (Å²) in [7, 11) is 0. The summed E-state index contributed by atoms with van der Waals surface area (Å²) < 4.78 is 51.9. The van der Waals surface area contributed by atoms with E-state index in [1.165, 1.54) is 12.4 Å². The summed E-state index contributed by atoms with van der Waals surface area (Å²) in [6.07, 6.45) is -0.165. The van der Waals surface area contributed by atoms with E-state index >= 15 is 0 Å². The van der Waals surface area contributed by atoms with Crippen LogP contribution in [0.4, 0.5) is 13.2 Å². The van der Waals surface area contributed by atoms with Crippen molar-refractivity contribution in [3.63, 3.8) is 0 Å². The number of nitrogens with zero attached hydrogens (tertiary/aromatic N) is 4. The number of hydrogen-bond acceptors (Lipinski definition) is 5. The number of imidazole rings is 1. The number of pyridine rings is 1. The molecule has 1 fully saturated rings. The topological polar surface area (TPSA) is 72.9 Å². The van der Waals surface area contributed by atoms with E-state index in [1.54, 1.807) is 4.90 Å². The third kappa shape index (κ3) is 3.16. The van der Waals surface area contributed by atoms with Crippen LogP contribution in [0.2, 0.25) is 0 Å². The van der Waals surface area contributed by atoms with Gasteiger partial charge in [-0.05, 0) is 13.0 Å². The second-order valence-corrected chi connectivity index (χ2v) is 6.28. The zero-order chi connectivity index (χ0) is 19.2. The average molecular weight is 380 g/mol. The molecule has 1 saturated heterocycles. The van der Waals surface area contributed by atoms with Crippen LogP contribution >= 0.6 is 0 Å². The van der Waals surface area contributed by atoms with E-state index in [0.29, 0.717) is 19.7 Å². The van der Waals surface area contributed by atoms with Crippen molar-refractivity contribution in [2.24, 2.45) is 0 Å². The van der Waals surface area contributed by atoms with Crippen LogP contribution < -0.4 is 0 Å². The second-order valence-electron chi connectivity index (χ2n) is 6.28. The lowest BCUT2D eigenvalue weighted by Crippen LogP contribution is -2.44. The highest BCUT2D eigenvalue weighted by Gasteiger charge is 2.34. The summed E-state index contributed by atoms with van der Waals surface area (Å²) in [6.45, 7) is 2.93. The maximum Gasteiger partial charge on any atom is 0.417 e. The highest BCUT2D eigenvalue weighted by Crippen LogP contribution is 2.34. The first kappa shape index (κ1) is 17.5. The van der Waals surface area contributed by atoms with E-state index in [-0.39, 0.29) is 28.8 Å². The molecule has 1 amide bonds. The molecule has 0 spiro atoms. The van der Waals surface area contributed by atoms with Crippen LogP contribution in [0.15, 0.2) is 35.5 Å². The van der Waals surface area contributed by atoms with E-state index in [9.17, 15) is 18.0 Å². The van der Waals surface area contributed by atoms with E-state index in [0.717, 1.165) is 23.1 Å². The SMILES string of the molecule is CC1CN(C(=O)c2cnc3c(-c4cnco4)cc(C(F)(F)F)cn23)CCO1. The largest absolute Gasteiger partial charge is 0.443 e. The molecule has 142 valence electrons. The first-order valence-electron chi connectivity index (χ1n) is 8.22. The smallest absolute Gasteiger partial charge is 0.417 e. The molecule has 1 atom stereocenters. The van der Waals surface area contributed by atoms with E-state index < -0.39 is 17.6 Å². The molecule has 10 heteroatoms. The van der Waals surface area contributed by atoms with Gasteiger partial charge in [-0.1, -0.05) is 0 Å². The van der Waals surface area contributed by atoms with Gasteiger partial charge in [0.25, 0.3) is 5.91 Å². The Hall–Kier alpha value is -2.88. The van der Waals surface area contributed by atoms with E-state index in [4.69, 9.17) is 9.15 Å². The molecule has 27 heavy (non-hydrogen) atoms. The Labute approximate surface area is 151 Å². The minimum atomic E-state index is -4.60. The van der Waals surface area contributed by atoms with Crippen molar-refractivity contribution in [3.8, 4) is 11.3 Å². The van der Waals surface area contributed by atoms with Gasteiger partial charge < -0.3 is 14.1 Å². The van der Waals surface area contributed by atoms with Crippen molar-refractivity contribution < 1.29 is 27.1 Å². The molecule has 0 saturated carbocycles. The Morgan fingerprint density at radius 2 is 2.15 bits per heavy atom. The minimum absolute atomic E-state index is 0.0472. The molecule has 0 bridgehead atoms. The third-order valence-electron chi connectivity index (χ3n) is 4.38. The fourth-order valence-electron chi connectivity index (χ4n) is 3.10. The van der Waals surface area contributed by atoms with Gasteiger partial charge in [0, 0.05) is 19.3 Å². The number of hydrogen-bond donors (Lipinski definition) is 0. The molecule has 0 N–H and O–H groups in total. The number of fused-ring (bicyclic) bond motifs is 1. The van der Waals surface area contributed by atoms with Crippen LogP contribution in [0.25, 0.3) is 17.0 Å². The van der Waals surface area contributed by atoms with Crippen LogP contribution in [0.5, 0.6) is 0 Å². The molecule has 0 aromatic carbocycles. The number of amides is 1. The lowest BCUT2D eigenvalue weighted by molar-refractivity contribution is -0.137. The maximum atomic E-state index is 13.4. The summed E-state index contributed by atoms with van der Waals surface area (Å²) in [4.78, 5) is 22.3. The van der Waals surface area contributed by atoms with E-state index in [2.05, 4.69) is 9.97 Å². The Balaban J connectivity index is 1.86. The molecule has 0 radical (unpaired) electrons. The number of rotatable bonds is 2. The number of morpholine rings is 1. The summed E-state index contributed by atoms with van der Waals surface area (Å²) in [5.41, 5.74) is -0.573. The molecule has 4 heterocycles. The lowest BCUT2D eigenvalue weighted by Gasteiger charge is -2.31.